The van der Waals surface area contributed by atoms with Gasteiger partial charge in [0.05, 0.1) is 11.4 Å². The molecule has 3 rings (SSSR count). The molecule has 0 unspecified atom stereocenters. The van der Waals surface area contributed by atoms with Crippen LogP contribution >= 0.6 is 11.6 Å². The summed E-state index contributed by atoms with van der Waals surface area (Å²) in [4.78, 5) is 6.63. The SMILES string of the molecule is Clc1ccc2c(n1)CCN2c1ccccc1. The van der Waals surface area contributed by atoms with Gasteiger partial charge in [0.15, 0.2) is 0 Å². The average molecular weight is 231 g/mol. The van der Waals surface area contributed by atoms with Crippen molar-refractivity contribution in [2.75, 3.05) is 11.4 Å². The van der Waals surface area contributed by atoms with Crippen molar-refractivity contribution < 1.29 is 0 Å². The van der Waals surface area contributed by atoms with E-state index < -0.39 is 0 Å². The summed E-state index contributed by atoms with van der Waals surface area (Å²) < 4.78 is 0. The van der Waals surface area contributed by atoms with E-state index in [4.69, 9.17) is 11.6 Å². The zero-order valence-corrected chi connectivity index (χ0v) is 9.48. The lowest BCUT2D eigenvalue weighted by atomic mass is 10.2. The summed E-state index contributed by atoms with van der Waals surface area (Å²) in [5.41, 5.74) is 3.48. The third-order valence-electron chi connectivity index (χ3n) is 2.85. The topological polar surface area (TPSA) is 16.1 Å². The van der Waals surface area contributed by atoms with Crippen molar-refractivity contribution in [1.82, 2.24) is 4.98 Å². The lowest BCUT2D eigenvalue weighted by molar-refractivity contribution is 0.978. The summed E-state index contributed by atoms with van der Waals surface area (Å²) in [6.07, 6.45) is 0.963. The smallest absolute Gasteiger partial charge is 0.129 e. The molecule has 1 aliphatic heterocycles. The zero-order chi connectivity index (χ0) is 11.0. The maximum atomic E-state index is 5.89. The van der Waals surface area contributed by atoms with Crippen molar-refractivity contribution in [2.45, 2.75) is 6.42 Å². The van der Waals surface area contributed by atoms with Crippen LogP contribution < -0.4 is 4.90 Å². The van der Waals surface area contributed by atoms with Gasteiger partial charge in [0.2, 0.25) is 0 Å². The van der Waals surface area contributed by atoms with Gasteiger partial charge in [-0.05, 0) is 24.3 Å². The van der Waals surface area contributed by atoms with Crippen LogP contribution in [0.4, 0.5) is 11.4 Å². The monoisotopic (exact) mass is 230 g/mol. The summed E-state index contributed by atoms with van der Waals surface area (Å²) >= 11 is 5.89. The molecular formula is C13H11ClN2. The van der Waals surface area contributed by atoms with Crippen LogP contribution in [0.3, 0.4) is 0 Å². The van der Waals surface area contributed by atoms with Crippen molar-refractivity contribution in [3.63, 3.8) is 0 Å². The molecule has 0 atom stereocenters. The third-order valence-corrected chi connectivity index (χ3v) is 3.06. The number of hydrogen-bond donors (Lipinski definition) is 0. The minimum absolute atomic E-state index is 0.577. The molecular weight excluding hydrogens is 220 g/mol. The van der Waals surface area contributed by atoms with Crippen LogP contribution in [0.1, 0.15) is 5.69 Å². The molecule has 1 aromatic carbocycles. The van der Waals surface area contributed by atoms with Crippen LogP contribution in [0.5, 0.6) is 0 Å². The van der Waals surface area contributed by atoms with Crippen LogP contribution in [0.2, 0.25) is 5.15 Å². The summed E-state index contributed by atoms with van der Waals surface area (Å²) in [6, 6.07) is 14.3. The van der Waals surface area contributed by atoms with Gasteiger partial charge in [0.1, 0.15) is 5.15 Å². The molecule has 0 radical (unpaired) electrons. The van der Waals surface area contributed by atoms with Crippen molar-refractivity contribution in [3.05, 3.63) is 53.3 Å². The first-order chi connectivity index (χ1) is 7.84. The Balaban J connectivity index is 2.04. The molecule has 0 N–H and O–H groups in total. The molecule has 0 amide bonds. The predicted molar refractivity (Wildman–Crippen MR) is 66.4 cm³/mol. The van der Waals surface area contributed by atoms with E-state index in [1.165, 1.54) is 11.4 Å². The second kappa shape index (κ2) is 3.80. The van der Waals surface area contributed by atoms with Gasteiger partial charge < -0.3 is 4.90 Å². The Morgan fingerprint density at radius 1 is 1.06 bits per heavy atom. The number of hydrogen-bond acceptors (Lipinski definition) is 2. The number of pyridine rings is 1. The number of rotatable bonds is 1. The number of nitrogens with zero attached hydrogens (tertiary/aromatic N) is 2. The Morgan fingerprint density at radius 2 is 1.88 bits per heavy atom. The maximum Gasteiger partial charge on any atom is 0.129 e. The van der Waals surface area contributed by atoms with E-state index in [1.54, 1.807) is 0 Å². The molecule has 2 aromatic rings. The quantitative estimate of drug-likeness (QED) is 0.698. The molecule has 16 heavy (non-hydrogen) atoms. The third kappa shape index (κ3) is 1.55. The van der Waals surface area contributed by atoms with Gasteiger partial charge >= 0.3 is 0 Å². The lowest BCUT2D eigenvalue weighted by Crippen LogP contribution is -2.12. The summed E-state index contributed by atoms with van der Waals surface area (Å²) in [5.74, 6) is 0. The summed E-state index contributed by atoms with van der Waals surface area (Å²) in [5, 5.41) is 0.577. The van der Waals surface area contributed by atoms with Gasteiger partial charge in [-0.1, -0.05) is 29.8 Å². The number of benzene rings is 1. The van der Waals surface area contributed by atoms with E-state index >= 15 is 0 Å². The van der Waals surface area contributed by atoms with Crippen LogP contribution in [-0.2, 0) is 6.42 Å². The van der Waals surface area contributed by atoms with Gasteiger partial charge in [0.25, 0.3) is 0 Å². The highest BCUT2D eigenvalue weighted by atomic mass is 35.5. The minimum atomic E-state index is 0.577. The van der Waals surface area contributed by atoms with E-state index in [9.17, 15) is 0 Å². The molecule has 0 bridgehead atoms. The number of anilines is 2. The fraction of sp³-hybridized carbons (Fsp3) is 0.154. The summed E-state index contributed by atoms with van der Waals surface area (Å²) in [6.45, 7) is 0.979. The molecule has 2 heterocycles. The number of aromatic nitrogens is 1. The second-order valence-corrected chi connectivity index (χ2v) is 4.22. The highest BCUT2D eigenvalue weighted by molar-refractivity contribution is 6.29. The van der Waals surface area contributed by atoms with Crippen molar-refractivity contribution >= 4 is 23.0 Å². The molecule has 0 fully saturated rings. The fourth-order valence-corrected chi connectivity index (χ4v) is 2.28. The standard InChI is InChI=1S/C13H11ClN2/c14-13-7-6-12-11(15-13)8-9-16(12)10-4-2-1-3-5-10/h1-7H,8-9H2. The molecule has 0 saturated heterocycles. The van der Waals surface area contributed by atoms with Gasteiger partial charge in [-0.15, -0.1) is 0 Å². The lowest BCUT2D eigenvalue weighted by Gasteiger charge is -2.18. The molecule has 2 nitrogen and oxygen atoms in total. The highest BCUT2D eigenvalue weighted by Crippen LogP contribution is 2.33. The van der Waals surface area contributed by atoms with Crippen molar-refractivity contribution in [3.8, 4) is 0 Å². The normalized spacial score (nSPS) is 13.9. The first-order valence-electron chi connectivity index (χ1n) is 5.32. The van der Waals surface area contributed by atoms with E-state index in [1.807, 2.05) is 18.2 Å². The molecule has 1 aliphatic rings. The molecule has 0 aliphatic carbocycles. The highest BCUT2D eigenvalue weighted by Gasteiger charge is 2.21. The van der Waals surface area contributed by atoms with Crippen LogP contribution in [0, 0.1) is 0 Å². The Bertz CT molecular complexity index is 511. The second-order valence-electron chi connectivity index (χ2n) is 3.84. The Hall–Kier alpha value is -1.54. The Labute approximate surface area is 99.5 Å². The van der Waals surface area contributed by atoms with E-state index in [0.29, 0.717) is 5.15 Å². The van der Waals surface area contributed by atoms with Gasteiger partial charge in [-0.2, -0.15) is 0 Å². The molecule has 1 aromatic heterocycles. The minimum Gasteiger partial charge on any atom is -0.340 e. The van der Waals surface area contributed by atoms with Crippen LogP contribution in [-0.4, -0.2) is 11.5 Å². The molecule has 3 heteroatoms. The van der Waals surface area contributed by atoms with E-state index in [0.717, 1.165) is 18.7 Å². The Morgan fingerprint density at radius 3 is 2.69 bits per heavy atom. The van der Waals surface area contributed by atoms with Gasteiger partial charge in [0, 0.05) is 18.7 Å². The fourth-order valence-electron chi connectivity index (χ4n) is 2.11. The van der Waals surface area contributed by atoms with Crippen LogP contribution in [0.25, 0.3) is 0 Å². The van der Waals surface area contributed by atoms with Gasteiger partial charge in [-0.25, -0.2) is 4.98 Å². The maximum absolute atomic E-state index is 5.89. The van der Waals surface area contributed by atoms with E-state index in [-0.39, 0.29) is 0 Å². The van der Waals surface area contributed by atoms with Gasteiger partial charge in [-0.3, -0.25) is 0 Å². The largest absolute Gasteiger partial charge is 0.340 e. The average Bonchev–Trinajstić information content (AvgIpc) is 2.73. The van der Waals surface area contributed by atoms with Crippen molar-refractivity contribution in [2.24, 2.45) is 0 Å². The van der Waals surface area contributed by atoms with Crippen LogP contribution in [0.15, 0.2) is 42.5 Å². The Kier molecular flexibility index (Phi) is 2.29. The van der Waals surface area contributed by atoms with E-state index in [2.05, 4.69) is 34.1 Å². The number of fused-ring (bicyclic) bond motifs is 1. The molecule has 80 valence electrons. The zero-order valence-electron chi connectivity index (χ0n) is 8.73. The first kappa shape index (κ1) is 9.67. The van der Waals surface area contributed by atoms with Crippen molar-refractivity contribution in [1.29, 1.82) is 0 Å². The summed E-state index contributed by atoms with van der Waals surface area (Å²) in [7, 11) is 0. The number of halogens is 1. The predicted octanol–water partition coefficient (Wildman–Crippen LogP) is 3.43. The molecule has 0 spiro atoms. The molecule has 0 saturated carbocycles. The first-order valence-corrected chi connectivity index (χ1v) is 5.70. The number of para-hydroxylation sites is 1.